The van der Waals surface area contributed by atoms with Gasteiger partial charge in [0.1, 0.15) is 17.7 Å². The third-order valence-corrected chi connectivity index (χ3v) is 6.63. The van der Waals surface area contributed by atoms with Crippen molar-refractivity contribution in [3.8, 4) is 0 Å². The molecule has 3 aliphatic heterocycles. The molecule has 2 amide bonds. The second kappa shape index (κ2) is 9.82. The lowest BCUT2D eigenvalue weighted by molar-refractivity contribution is -0.133. The molecule has 1 aromatic rings. The Morgan fingerprint density at radius 3 is 2.48 bits per heavy atom. The van der Waals surface area contributed by atoms with Gasteiger partial charge in [0.15, 0.2) is 0 Å². The molecule has 0 aliphatic carbocycles. The van der Waals surface area contributed by atoms with E-state index < -0.39 is 0 Å². The van der Waals surface area contributed by atoms with Crippen LogP contribution < -0.4 is 15.5 Å². The highest BCUT2D eigenvalue weighted by atomic mass is 16.5. The molecular weight excluding hydrogens is 396 g/mol. The number of pyridine rings is 1. The van der Waals surface area contributed by atoms with Gasteiger partial charge in [-0.15, -0.1) is 0 Å². The van der Waals surface area contributed by atoms with E-state index in [4.69, 9.17) is 15.5 Å². The number of hydrogen-bond acceptors (Lipinski definition) is 7. The molecule has 31 heavy (non-hydrogen) atoms. The molecule has 0 spiro atoms. The summed E-state index contributed by atoms with van der Waals surface area (Å²) < 4.78 is 5.36. The molecule has 3 aliphatic rings. The molecule has 170 valence electrons. The van der Waals surface area contributed by atoms with Crippen LogP contribution in [-0.4, -0.2) is 98.2 Å². The van der Waals surface area contributed by atoms with Crippen LogP contribution in [0.1, 0.15) is 19.8 Å². The molecule has 2 N–H and O–H groups in total. The average molecular weight is 431 g/mol. The SMILES string of the molecule is CC1CCN(c2cccc(N3CCN(C(=O)CN4CCOCC4)CC3)n2)C(C(N)=O)C1. The van der Waals surface area contributed by atoms with Crippen LogP contribution in [0, 0.1) is 5.92 Å². The minimum absolute atomic E-state index is 0.190. The number of anilines is 2. The van der Waals surface area contributed by atoms with Crippen molar-refractivity contribution < 1.29 is 14.3 Å². The quantitative estimate of drug-likeness (QED) is 0.711. The Morgan fingerprint density at radius 2 is 1.77 bits per heavy atom. The second-order valence-electron chi connectivity index (χ2n) is 8.85. The van der Waals surface area contributed by atoms with Crippen LogP contribution in [0.3, 0.4) is 0 Å². The Morgan fingerprint density at radius 1 is 1.06 bits per heavy atom. The van der Waals surface area contributed by atoms with Crippen molar-refractivity contribution in [2.24, 2.45) is 11.7 Å². The number of carbonyl (C=O) groups excluding carboxylic acids is 2. The maximum atomic E-state index is 12.7. The maximum Gasteiger partial charge on any atom is 0.240 e. The van der Waals surface area contributed by atoms with E-state index in [-0.39, 0.29) is 17.9 Å². The Kier molecular flexibility index (Phi) is 6.92. The average Bonchev–Trinajstić information content (AvgIpc) is 2.80. The van der Waals surface area contributed by atoms with Gasteiger partial charge >= 0.3 is 0 Å². The number of aromatic nitrogens is 1. The Hall–Kier alpha value is -2.39. The van der Waals surface area contributed by atoms with E-state index in [2.05, 4.69) is 16.7 Å². The fourth-order valence-electron chi connectivity index (χ4n) is 4.67. The van der Waals surface area contributed by atoms with E-state index in [1.54, 1.807) is 0 Å². The summed E-state index contributed by atoms with van der Waals surface area (Å²) in [5.41, 5.74) is 5.68. The zero-order valence-electron chi connectivity index (χ0n) is 18.4. The van der Waals surface area contributed by atoms with Crippen molar-refractivity contribution in [3.63, 3.8) is 0 Å². The first-order chi connectivity index (χ1) is 15.0. The van der Waals surface area contributed by atoms with Crippen LogP contribution in [0.25, 0.3) is 0 Å². The predicted molar refractivity (Wildman–Crippen MR) is 119 cm³/mol. The number of piperidine rings is 1. The van der Waals surface area contributed by atoms with Crippen LogP contribution in [-0.2, 0) is 14.3 Å². The van der Waals surface area contributed by atoms with Gasteiger partial charge in [-0.05, 0) is 30.9 Å². The number of amides is 2. The summed E-state index contributed by atoms with van der Waals surface area (Å²) in [6.07, 6.45) is 1.80. The van der Waals surface area contributed by atoms with E-state index in [9.17, 15) is 9.59 Å². The first-order valence-corrected chi connectivity index (χ1v) is 11.4. The van der Waals surface area contributed by atoms with Crippen LogP contribution in [0.15, 0.2) is 18.2 Å². The Balaban J connectivity index is 1.36. The normalized spacial score (nSPS) is 25.5. The van der Waals surface area contributed by atoms with Crippen molar-refractivity contribution in [3.05, 3.63) is 18.2 Å². The standard InChI is InChI=1S/C22H34N6O3/c1-17-5-6-28(18(15-17)22(23)30)20-4-2-3-19(24-20)26-7-9-27(10-8-26)21(29)16-25-11-13-31-14-12-25/h2-4,17-18H,5-16H2,1H3,(H2,23,30). The van der Waals surface area contributed by atoms with Gasteiger partial charge in [-0.1, -0.05) is 13.0 Å². The molecule has 0 bridgehead atoms. The van der Waals surface area contributed by atoms with Crippen molar-refractivity contribution in [2.45, 2.75) is 25.8 Å². The fraction of sp³-hybridized carbons (Fsp3) is 0.682. The van der Waals surface area contributed by atoms with Gasteiger partial charge in [-0.3, -0.25) is 14.5 Å². The first kappa shape index (κ1) is 21.8. The van der Waals surface area contributed by atoms with E-state index in [0.717, 1.165) is 57.2 Å². The number of morpholine rings is 1. The summed E-state index contributed by atoms with van der Waals surface area (Å²) in [7, 11) is 0. The van der Waals surface area contributed by atoms with Gasteiger partial charge in [0.25, 0.3) is 0 Å². The van der Waals surface area contributed by atoms with Gasteiger partial charge in [-0.25, -0.2) is 4.98 Å². The monoisotopic (exact) mass is 430 g/mol. The molecule has 3 fully saturated rings. The molecule has 4 rings (SSSR count). The van der Waals surface area contributed by atoms with Gasteiger partial charge in [0, 0.05) is 45.8 Å². The van der Waals surface area contributed by atoms with E-state index in [0.29, 0.717) is 38.8 Å². The minimum atomic E-state index is -0.304. The summed E-state index contributed by atoms with van der Waals surface area (Å²) in [5, 5.41) is 0. The van der Waals surface area contributed by atoms with Crippen LogP contribution in [0.4, 0.5) is 11.6 Å². The summed E-state index contributed by atoms with van der Waals surface area (Å²) in [6.45, 7) is 9.37. The molecule has 9 nitrogen and oxygen atoms in total. The summed E-state index contributed by atoms with van der Waals surface area (Å²) in [5.74, 6) is 2.08. The lowest BCUT2D eigenvalue weighted by Crippen LogP contribution is -2.52. The molecule has 1 aromatic heterocycles. The van der Waals surface area contributed by atoms with Gasteiger partial charge in [0.2, 0.25) is 11.8 Å². The predicted octanol–water partition coefficient (Wildman–Crippen LogP) is 0.153. The third-order valence-electron chi connectivity index (χ3n) is 6.63. The molecule has 0 radical (unpaired) electrons. The zero-order chi connectivity index (χ0) is 21.8. The lowest BCUT2D eigenvalue weighted by Gasteiger charge is -2.39. The van der Waals surface area contributed by atoms with Gasteiger partial charge in [-0.2, -0.15) is 0 Å². The van der Waals surface area contributed by atoms with E-state index >= 15 is 0 Å². The minimum Gasteiger partial charge on any atom is -0.379 e. The van der Waals surface area contributed by atoms with Crippen molar-refractivity contribution in [1.82, 2.24) is 14.8 Å². The smallest absolute Gasteiger partial charge is 0.240 e. The summed E-state index contributed by atoms with van der Waals surface area (Å²) >= 11 is 0. The number of carbonyl (C=O) groups is 2. The molecule has 2 unspecified atom stereocenters. The number of nitrogens with zero attached hydrogens (tertiary/aromatic N) is 5. The molecule has 2 atom stereocenters. The first-order valence-electron chi connectivity index (χ1n) is 11.4. The molecule has 0 aromatic carbocycles. The molecular formula is C22H34N6O3. The molecule has 9 heteroatoms. The second-order valence-corrected chi connectivity index (χ2v) is 8.85. The van der Waals surface area contributed by atoms with Crippen molar-refractivity contribution >= 4 is 23.5 Å². The highest BCUT2D eigenvalue weighted by molar-refractivity contribution is 5.83. The fourth-order valence-corrected chi connectivity index (χ4v) is 4.67. The van der Waals surface area contributed by atoms with Crippen molar-refractivity contribution in [1.29, 1.82) is 0 Å². The number of nitrogens with two attached hydrogens (primary N) is 1. The molecule has 3 saturated heterocycles. The van der Waals surface area contributed by atoms with Crippen molar-refractivity contribution in [2.75, 3.05) is 75.4 Å². The number of ether oxygens (including phenoxy) is 1. The maximum absolute atomic E-state index is 12.7. The van der Waals surface area contributed by atoms with Crippen LogP contribution in [0.5, 0.6) is 0 Å². The highest BCUT2D eigenvalue weighted by Crippen LogP contribution is 2.28. The van der Waals surface area contributed by atoms with Gasteiger partial charge in [0.05, 0.1) is 19.8 Å². The molecule has 4 heterocycles. The zero-order valence-corrected chi connectivity index (χ0v) is 18.4. The number of hydrogen-bond donors (Lipinski definition) is 1. The van der Waals surface area contributed by atoms with E-state index in [1.165, 1.54) is 0 Å². The Labute approximate surface area is 184 Å². The summed E-state index contributed by atoms with van der Waals surface area (Å²) in [6, 6.07) is 5.64. The van der Waals surface area contributed by atoms with E-state index in [1.807, 2.05) is 28.0 Å². The van der Waals surface area contributed by atoms with Gasteiger partial charge < -0.3 is 25.2 Å². The summed E-state index contributed by atoms with van der Waals surface area (Å²) in [4.78, 5) is 37.9. The van der Waals surface area contributed by atoms with Crippen LogP contribution in [0.2, 0.25) is 0 Å². The highest BCUT2D eigenvalue weighted by Gasteiger charge is 2.32. The molecule has 0 saturated carbocycles. The number of piperazine rings is 1. The number of primary amides is 1. The topological polar surface area (TPSA) is 95.2 Å². The van der Waals surface area contributed by atoms with Crippen LogP contribution >= 0.6 is 0 Å². The largest absolute Gasteiger partial charge is 0.379 e. The lowest BCUT2D eigenvalue weighted by atomic mass is 9.92. The number of rotatable bonds is 5. The third kappa shape index (κ3) is 5.27. The Bertz CT molecular complexity index is 776.